The Bertz CT molecular complexity index is 1520. The SMILES string of the molecule is C=C(C)C1=C(C#N)[C@H]2[C@@H](C)C[C@]23C[C@]2(C)Cc4c(cc(CCCNC(C)=O)cc4N(C)C)C(=C)C2=C(C)[C@]3(O)C1=O. The van der Waals surface area contributed by atoms with Crippen molar-refractivity contribution in [3.8, 4) is 6.07 Å². The van der Waals surface area contributed by atoms with Gasteiger partial charge in [-0.15, -0.1) is 0 Å². The highest BCUT2D eigenvalue weighted by Crippen LogP contribution is 2.74. The van der Waals surface area contributed by atoms with E-state index < -0.39 is 11.0 Å². The molecule has 6 heteroatoms. The van der Waals surface area contributed by atoms with Gasteiger partial charge in [0.05, 0.1) is 6.07 Å². The summed E-state index contributed by atoms with van der Waals surface area (Å²) in [6.07, 6.45) is 3.71. The van der Waals surface area contributed by atoms with Crippen molar-refractivity contribution in [2.75, 3.05) is 25.5 Å². The number of carbonyl (C=O) groups excluding carboxylic acids is 2. The number of ketones is 1. The number of rotatable bonds is 6. The smallest absolute Gasteiger partial charge is 0.216 e. The number of amides is 1. The second-order valence-electron chi connectivity index (χ2n) is 13.6. The molecule has 1 saturated carbocycles. The molecule has 5 rings (SSSR count). The Kier molecular flexibility index (Phi) is 6.78. The van der Waals surface area contributed by atoms with Crippen LogP contribution in [-0.4, -0.2) is 43.0 Å². The molecular formula is C35H43N3O3. The van der Waals surface area contributed by atoms with Crippen molar-refractivity contribution in [2.45, 2.75) is 72.3 Å². The molecule has 0 heterocycles. The summed E-state index contributed by atoms with van der Waals surface area (Å²) in [5, 5.41) is 25.8. The molecule has 0 aliphatic heterocycles. The highest BCUT2D eigenvalue weighted by atomic mass is 16.3. The molecule has 1 spiro atoms. The summed E-state index contributed by atoms with van der Waals surface area (Å²) in [6.45, 7) is 18.9. The van der Waals surface area contributed by atoms with Gasteiger partial charge >= 0.3 is 0 Å². The molecule has 6 nitrogen and oxygen atoms in total. The maximum Gasteiger partial charge on any atom is 0.216 e. The summed E-state index contributed by atoms with van der Waals surface area (Å²) in [6, 6.07) is 6.83. The Morgan fingerprint density at radius 1 is 1.29 bits per heavy atom. The lowest BCUT2D eigenvalue weighted by atomic mass is 9.34. The van der Waals surface area contributed by atoms with Crippen LogP contribution in [0.5, 0.6) is 0 Å². The van der Waals surface area contributed by atoms with Crippen LogP contribution < -0.4 is 10.2 Å². The van der Waals surface area contributed by atoms with Crippen molar-refractivity contribution in [2.24, 2.45) is 22.7 Å². The summed E-state index contributed by atoms with van der Waals surface area (Å²) in [4.78, 5) is 27.8. The average Bonchev–Trinajstić information content (AvgIpc) is 2.87. The molecule has 0 saturated heterocycles. The third-order valence-corrected chi connectivity index (χ3v) is 10.5. The number of aliphatic hydroxyl groups is 1. The number of benzene rings is 1. The maximum atomic E-state index is 14.3. The third-order valence-electron chi connectivity index (χ3n) is 10.5. The number of anilines is 1. The van der Waals surface area contributed by atoms with Crippen molar-refractivity contribution in [1.82, 2.24) is 5.32 Å². The molecule has 2 N–H and O–H groups in total. The number of nitrogens with zero attached hydrogens (tertiary/aromatic N) is 2. The van der Waals surface area contributed by atoms with Crippen molar-refractivity contribution in [3.05, 3.63) is 69.8 Å². The van der Waals surface area contributed by atoms with Gasteiger partial charge in [0.25, 0.3) is 0 Å². The van der Waals surface area contributed by atoms with Crippen molar-refractivity contribution >= 4 is 23.0 Å². The fourth-order valence-corrected chi connectivity index (χ4v) is 9.18. The Morgan fingerprint density at radius 2 is 1.98 bits per heavy atom. The Balaban J connectivity index is 1.68. The molecule has 0 radical (unpaired) electrons. The van der Waals surface area contributed by atoms with Gasteiger partial charge in [-0.05, 0) is 102 Å². The standard InChI is InChI=1S/C35H43N3O3/c1-19(2)29-27(17-36)30-20(3)15-34(30)18-33(7)16-26-25(21(4)31(33)22(5)35(34,41)32(29)40)13-24(14-28(26)38(8)9)11-10-12-37-23(6)39/h13-14,20,30,41H,1,4,10-12,15-16,18H2,2-3,5-9H3,(H,37,39)/t20-,30+,33-,34-,35-/m0/s1. The van der Waals surface area contributed by atoms with Gasteiger partial charge in [-0.1, -0.05) is 33.1 Å². The first-order valence-electron chi connectivity index (χ1n) is 14.7. The third kappa shape index (κ3) is 3.85. The number of hydrogen-bond acceptors (Lipinski definition) is 5. The molecule has 41 heavy (non-hydrogen) atoms. The van der Waals surface area contributed by atoms with Crippen LogP contribution in [0.1, 0.15) is 70.6 Å². The first-order chi connectivity index (χ1) is 19.1. The molecule has 5 atom stereocenters. The van der Waals surface area contributed by atoms with Crippen LogP contribution in [0.2, 0.25) is 0 Å². The highest BCUT2D eigenvalue weighted by Gasteiger charge is 2.74. The molecular weight excluding hydrogens is 510 g/mol. The van der Waals surface area contributed by atoms with Gasteiger partial charge in [0.1, 0.15) is 0 Å². The van der Waals surface area contributed by atoms with Crippen LogP contribution in [-0.2, 0) is 22.4 Å². The van der Waals surface area contributed by atoms with Gasteiger partial charge < -0.3 is 15.3 Å². The normalized spacial score (nSPS) is 31.8. The number of hydrogen-bond donors (Lipinski definition) is 2. The minimum absolute atomic E-state index is 0.0283. The number of nitrogens with one attached hydrogen (secondary N) is 1. The van der Waals surface area contributed by atoms with Gasteiger partial charge in [-0.3, -0.25) is 9.59 Å². The minimum Gasteiger partial charge on any atom is -0.377 e. The number of Topliss-reactive ketones (excluding diaryl/α,β-unsaturated/α-hetero) is 1. The van der Waals surface area contributed by atoms with Gasteiger partial charge in [0, 0.05) is 55.7 Å². The molecule has 0 unspecified atom stereocenters. The second-order valence-corrected chi connectivity index (χ2v) is 13.6. The van der Waals surface area contributed by atoms with Gasteiger partial charge in [0.2, 0.25) is 5.91 Å². The van der Waals surface area contributed by atoms with Gasteiger partial charge in [0.15, 0.2) is 11.4 Å². The van der Waals surface area contributed by atoms with Crippen LogP contribution in [0.25, 0.3) is 5.57 Å². The molecule has 1 fully saturated rings. The number of aryl methyl sites for hydroxylation is 1. The van der Waals surface area contributed by atoms with E-state index in [0.29, 0.717) is 41.7 Å². The molecule has 1 aromatic carbocycles. The van der Waals surface area contributed by atoms with E-state index in [1.165, 1.54) is 18.1 Å². The van der Waals surface area contributed by atoms with Crippen molar-refractivity contribution in [3.63, 3.8) is 0 Å². The van der Waals surface area contributed by atoms with Crippen LogP contribution in [0, 0.1) is 34.0 Å². The zero-order chi connectivity index (χ0) is 30.2. The number of allylic oxidation sites excluding steroid dienone is 4. The summed E-state index contributed by atoms with van der Waals surface area (Å²) in [5.74, 6) is -0.410. The van der Waals surface area contributed by atoms with Crippen molar-refractivity contribution in [1.29, 1.82) is 5.26 Å². The monoisotopic (exact) mass is 553 g/mol. The minimum atomic E-state index is -1.70. The van der Waals surface area contributed by atoms with Crippen LogP contribution in [0.15, 0.2) is 53.2 Å². The fraction of sp³-hybridized carbons (Fsp3) is 0.514. The van der Waals surface area contributed by atoms with Crippen LogP contribution >= 0.6 is 0 Å². The zero-order valence-corrected chi connectivity index (χ0v) is 25.6. The van der Waals surface area contributed by atoms with E-state index in [4.69, 9.17) is 0 Å². The molecule has 216 valence electrons. The van der Waals surface area contributed by atoms with E-state index in [9.17, 15) is 20.0 Å². The van der Waals surface area contributed by atoms with E-state index in [0.717, 1.165) is 41.7 Å². The molecule has 4 aliphatic carbocycles. The van der Waals surface area contributed by atoms with Crippen LogP contribution in [0.4, 0.5) is 5.69 Å². The second kappa shape index (κ2) is 9.56. The number of fused-ring (bicyclic) bond motifs is 2. The summed E-state index contributed by atoms with van der Waals surface area (Å²) < 4.78 is 0. The lowest BCUT2D eigenvalue weighted by Crippen LogP contribution is -2.72. The van der Waals surface area contributed by atoms with E-state index in [2.05, 4.69) is 69.5 Å². The van der Waals surface area contributed by atoms with Gasteiger partial charge in [-0.2, -0.15) is 5.26 Å². The lowest BCUT2D eigenvalue weighted by molar-refractivity contribution is -0.194. The lowest BCUT2D eigenvalue weighted by Gasteiger charge is -2.69. The van der Waals surface area contributed by atoms with Crippen molar-refractivity contribution < 1.29 is 14.7 Å². The summed E-state index contributed by atoms with van der Waals surface area (Å²) in [7, 11) is 4.12. The molecule has 1 aromatic rings. The molecule has 1 amide bonds. The topological polar surface area (TPSA) is 93.4 Å². The predicted octanol–water partition coefficient (Wildman–Crippen LogP) is 5.47. The van der Waals surface area contributed by atoms with E-state index in [-0.39, 0.29) is 28.9 Å². The summed E-state index contributed by atoms with van der Waals surface area (Å²) in [5.41, 5.74) is 5.70. The molecule has 4 aliphatic rings. The first kappa shape index (κ1) is 29.1. The highest BCUT2D eigenvalue weighted by molar-refractivity contribution is 6.11. The van der Waals surface area contributed by atoms with Gasteiger partial charge in [-0.25, -0.2) is 0 Å². The maximum absolute atomic E-state index is 14.3. The molecule has 0 aromatic heterocycles. The quantitative estimate of drug-likeness (QED) is 0.456. The first-order valence-corrected chi connectivity index (χ1v) is 14.7. The average molecular weight is 554 g/mol. The Labute approximate surface area is 244 Å². The number of carbonyl (C=O) groups is 2. The molecule has 0 bridgehead atoms. The van der Waals surface area contributed by atoms with E-state index in [1.54, 1.807) is 6.92 Å². The summed E-state index contributed by atoms with van der Waals surface area (Å²) >= 11 is 0. The van der Waals surface area contributed by atoms with Crippen LogP contribution in [0.3, 0.4) is 0 Å². The van der Waals surface area contributed by atoms with E-state index in [1.807, 2.05) is 6.92 Å². The fourth-order valence-electron chi connectivity index (χ4n) is 9.18. The largest absolute Gasteiger partial charge is 0.377 e. The Morgan fingerprint density at radius 3 is 2.54 bits per heavy atom. The predicted molar refractivity (Wildman–Crippen MR) is 163 cm³/mol. The Hall–Kier alpha value is -3.43. The van der Waals surface area contributed by atoms with E-state index >= 15 is 0 Å². The number of nitriles is 1. The zero-order valence-electron chi connectivity index (χ0n) is 25.6.